The van der Waals surface area contributed by atoms with Crippen molar-refractivity contribution < 1.29 is 14.3 Å². The van der Waals surface area contributed by atoms with Crippen molar-refractivity contribution in [3.63, 3.8) is 0 Å². The molecule has 2 rings (SSSR count). The fraction of sp³-hybridized carbons (Fsp3) is 0.357. The van der Waals surface area contributed by atoms with E-state index < -0.39 is 0 Å². The average Bonchev–Trinajstić information content (AvgIpc) is 2.43. The van der Waals surface area contributed by atoms with E-state index in [4.69, 9.17) is 9.47 Å². The van der Waals surface area contributed by atoms with E-state index in [1.165, 1.54) is 0 Å². The fourth-order valence-electron chi connectivity index (χ4n) is 1.75. The van der Waals surface area contributed by atoms with E-state index in [-0.39, 0.29) is 5.91 Å². The Hall–Kier alpha value is -2.01. The Bertz CT molecular complexity index is 460. The molecule has 1 amide bonds. The van der Waals surface area contributed by atoms with Crippen LogP contribution in [-0.4, -0.2) is 32.2 Å². The van der Waals surface area contributed by atoms with Gasteiger partial charge in [-0.05, 0) is 12.1 Å². The Kier molecular flexibility index (Phi) is 4.80. The molecule has 5 heteroatoms. The number of nitrogens with one attached hydrogen (secondary N) is 2. The first-order valence-corrected chi connectivity index (χ1v) is 6.30. The SMILES string of the molecule is C=CCNCCC(=O)Nc1ccc2c(c1)OCCO2. The van der Waals surface area contributed by atoms with E-state index in [0.29, 0.717) is 38.5 Å². The summed E-state index contributed by atoms with van der Waals surface area (Å²) in [5, 5.41) is 5.91. The van der Waals surface area contributed by atoms with Gasteiger partial charge in [0.25, 0.3) is 0 Å². The summed E-state index contributed by atoms with van der Waals surface area (Å²) in [5.74, 6) is 1.36. The van der Waals surface area contributed by atoms with Gasteiger partial charge >= 0.3 is 0 Å². The van der Waals surface area contributed by atoms with Crippen molar-refractivity contribution in [2.75, 3.05) is 31.6 Å². The molecule has 0 atom stereocenters. The van der Waals surface area contributed by atoms with Crippen molar-refractivity contribution in [2.24, 2.45) is 0 Å². The Morgan fingerprint density at radius 3 is 2.89 bits per heavy atom. The maximum atomic E-state index is 11.7. The van der Waals surface area contributed by atoms with E-state index in [2.05, 4.69) is 17.2 Å². The smallest absolute Gasteiger partial charge is 0.225 e. The molecule has 0 bridgehead atoms. The van der Waals surface area contributed by atoms with Crippen LogP contribution in [0.5, 0.6) is 11.5 Å². The highest BCUT2D eigenvalue weighted by Gasteiger charge is 2.12. The van der Waals surface area contributed by atoms with Crippen LogP contribution >= 0.6 is 0 Å². The predicted molar refractivity (Wildman–Crippen MR) is 73.7 cm³/mol. The van der Waals surface area contributed by atoms with Gasteiger partial charge in [0.2, 0.25) is 5.91 Å². The Morgan fingerprint density at radius 2 is 2.11 bits per heavy atom. The molecule has 0 unspecified atom stereocenters. The highest BCUT2D eigenvalue weighted by molar-refractivity contribution is 5.91. The van der Waals surface area contributed by atoms with E-state index >= 15 is 0 Å². The van der Waals surface area contributed by atoms with Crippen LogP contribution in [0.15, 0.2) is 30.9 Å². The summed E-state index contributed by atoms with van der Waals surface area (Å²) in [5.41, 5.74) is 0.720. The summed E-state index contributed by atoms with van der Waals surface area (Å²) >= 11 is 0. The van der Waals surface area contributed by atoms with Gasteiger partial charge in [-0.1, -0.05) is 6.08 Å². The van der Waals surface area contributed by atoms with Crippen molar-refractivity contribution in [1.29, 1.82) is 0 Å². The molecule has 1 aliphatic rings. The second-order valence-corrected chi connectivity index (χ2v) is 4.15. The number of hydrogen-bond donors (Lipinski definition) is 2. The minimum absolute atomic E-state index is 0.0340. The molecule has 0 saturated carbocycles. The maximum Gasteiger partial charge on any atom is 0.225 e. The first kappa shape index (κ1) is 13.4. The second-order valence-electron chi connectivity index (χ2n) is 4.15. The molecule has 2 N–H and O–H groups in total. The lowest BCUT2D eigenvalue weighted by Crippen LogP contribution is -2.22. The van der Waals surface area contributed by atoms with Crippen molar-refractivity contribution >= 4 is 11.6 Å². The van der Waals surface area contributed by atoms with Crippen LogP contribution in [0, 0.1) is 0 Å². The number of fused-ring (bicyclic) bond motifs is 1. The topological polar surface area (TPSA) is 59.6 Å². The van der Waals surface area contributed by atoms with Crippen LogP contribution < -0.4 is 20.1 Å². The van der Waals surface area contributed by atoms with E-state index in [1.807, 2.05) is 6.07 Å². The van der Waals surface area contributed by atoms with Crippen LogP contribution in [0.4, 0.5) is 5.69 Å². The molecule has 0 fully saturated rings. The zero-order valence-corrected chi connectivity index (χ0v) is 10.8. The molecule has 1 aliphatic heterocycles. The summed E-state index contributed by atoms with van der Waals surface area (Å²) in [6, 6.07) is 5.40. The first-order chi connectivity index (χ1) is 9.29. The van der Waals surface area contributed by atoms with Crippen molar-refractivity contribution in [2.45, 2.75) is 6.42 Å². The van der Waals surface area contributed by atoms with E-state index in [9.17, 15) is 4.79 Å². The van der Waals surface area contributed by atoms with Crippen molar-refractivity contribution in [3.8, 4) is 11.5 Å². The quantitative estimate of drug-likeness (QED) is 0.603. The second kappa shape index (κ2) is 6.80. The van der Waals surface area contributed by atoms with Gasteiger partial charge in [-0.25, -0.2) is 0 Å². The molecule has 0 aromatic heterocycles. The van der Waals surface area contributed by atoms with Gasteiger partial charge in [0.05, 0.1) is 0 Å². The van der Waals surface area contributed by atoms with Crippen LogP contribution in [-0.2, 0) is 4.79 Å². The number of hydrogen-bond acceptors (Lipinski definition) is 4. The highest BCUT2D eigenvalue weighted by atomic mass is 16.6. The number of amides is 1. The minimum atomic E-state index is -0.0340. The molecule has 0 spiro atoms. The van der Waals surface area contributed by atoms with Gasteiger partial charge in [-0.3, -0.25) is 4.79 Å². The summed E-state index contributed by atoms with van der Waals surface area (Å²) in [6.45, 7) is 6.03. The standard InChI is InChI=1S/C14H18N2O3/c1-2-6-15-7-5-14(17)16-11-3-4-12-13(10-11)19-9-8-18-12/h2-4,10,15H,1,5-9H2,(H,16,17). The largest absolute Gasteiger partial charge is 0.486 e. The molecular formula is C14H18N2O3. The molecule has 1 heterocycles. The van der Waals surface area contributed by atoms with E-state index in [1.54, 1.807) is 18.2 Å². The molecule has 19 heavy (non-hydrogen) atoms. The van der Waals surface area contributed by atoms with Gasteiger partial charge in [0.15, 0.2) is 11.5 Å². The third kappa shape index (κ3) is 3.99. The van der Waals surface area contributed by atoms with E-state index in [0.717, 1.165) is 11.4 Å². The number of rotatable bonds is 6. The van der Waals surface area contributed by atoms with Crippen molar-refractivity contribution in [1.82, 2.24) is 5.32 Å². The maximum absolute atomic E-state index is 11.7. The Labute approximate surface area is 112 Å². The molecule has 102 valence electrons. The lowest BCUT2D eigenvalue weighted by Gasteiger charge is -2.19. The monoisotopic (exact) mass is 262 g/mol. The van der Waals surface area contributed by atoms with Gasteiger partial charge in [-0.2, -0.15) is 0 Å². The number of carbonyl (C=O) groups excluding carboxylic acids is 1. The lowest BCUT2D eigenvalue weighted by atomic mass is 10.2. The number of anilines is 1. The summed E-state index contributed by atoms with van der Waals surface area (Å²) in [6.07, 6.45) is 2.18. The molecule has 0 saturated heterocycles. The zero-order chi connectivity index (χ0) is 13.5. The Balaban J connectivity index is 1.85. The summed E-state index contributed by atoms with van der Waals surface area (Å²) < 4.78 is 10.9. The third-order valence-electron chi connectivity index (χ3n) is 2.64. The Morgan fingerprint density at radius 1 is 1.32 bits per heavy atom. The minimum Gasteiger partial charge on any atom is -0.486 e. The summed E-state index contributed by atoms with van der Waals surface area (Å²) in [7, 11) is 0. The average molecular weight is 262 g/mol. The lowest BCUT2D eigenvalue weighted by molar-refractivity contribution is -0.116. The fourth-order valence-corrected chi connectivity index (χ4v) is 1.75. The predicted octanol–water partition coefficient (Wildman–Crippen LogP) is 1.56. The first-order valence-electron chi connectivity index (χ1n) is 6.30. The molecule has 1 aromatic carbocycles. The molecule has 0 aliphatic carbocycles. The molecule has 0 radical (unpaired) electrons. The number of ether oxygens (including phenoxy) is 2. The van der Waals surface area contributed by atoms with Crippen LogP contribution in [0.2, 0.25) is 0 Å². The van der Waals surface area contributed by atoms with Crippen LogP contribution in [0.1, 0.15) is 6.42 Å². The van der Waals surface area contributed by atoms with Crippen LogP contribution in [0.3, 0.4) is 0 Å². The molecule has 5 nitrogen and oxygen atoms in total. The summed E-state index contributed by atoms with van der Waals surface area (Å²) in [4.78, 5) is 11.7. The zero-order valence-electron chi connectivity index (χ0n) is 10.8. The van der Waals surface area contributed by atoms with Crippen LogP contribution in [0.25, 0.3) is 0 Å². The third-order valence-corrected chi connectivity index (χ3v) is 2.64. The number of benzene rings is 1. The van der Waals surface area contributed by atoms with Gasteiger partial charge in [-0.15, -0.1) is 6.58 Å². The van der Waals surface area contributed by atoms with Gasteiger partial charge < -0.3 is 20.1 Å². The van der Waals surface area contributed by atoms with Crippen molar-refractivity contribution in [3.05, 3.63) is 30.9 Å². The molecular weight excluding hydrogens is 244 g/mol. The molecule has 1 aromatic rings. The number of carbonyl (C=O) groups is 1. The normalized spacial score (nSPS) is 12.8. The van der Waals surface area contributed by atoms with Gasteiger partial charge in [0.1, 0.15) is 13.2 Å². The van der Waals surface area contributed by atoms with Gasteiger partial charge in [0, 0.05) is 31.3 Å². The highest BCUT2D eigenvalue weighted by Crippen LogP contribution is 2.32.